The highest BCUT2D eigenvalue weighted by Gasteiger charge is 2.16. The Kier molecular flexibility index (Phi) is 2.26. The van der Waals surface area contributed by atoms with Crippen LogP contribution in [0.25, 0.3) is 0 Å². The van der Waals surface area contributed by atoms with Gasteiger partial charge < -0.3 is 5.73 Å². The maximum absolute atomic E-state index is 12.7. The molecule has 10 heavy (non-hydrogen) atoms. The van der Waals surface area contributed by atoms with E-state index < -0.39 is 0 Å². The van der Waals surface area contributed by atoms with E-state index in [-0.39, 0.29) is 16.7 Å². The third-order valence-corrected chi connectivity index (χ3v) is 2.37. The molecule has 1 aliphatic rings. The van der Waals surface area contributed by atoms with Crippen molar-refractivity contribution >= 4 is 15.9 Å². The van der Waals surface area contributed by atoms with Crippen LogP contribution in [0.1, 0.15) is 6.92 Å². The van der Waals surface area contributed by atoms with Gasteiger partial charge in [-0.05, 0) is 18.6 Å². The van der Waals surface area contributed by atoms with Crippen LogP contribution in [0.3, 0.4) is 0 Å². The number of rotatable bonds is 0. The molecule has 0 heterocycles. The molecule has 0 aliphatic heterocycles. The molecular formula is C7H9BrFN. The molecule has 0 fully saturated rings. The quantitative estimate of drug-likeness (QED) is 0.601. The Bertz CT molecular complexity index is 176. The zero-order valence-electron chi connectivity index (χ0n) is 5.64. The van der Waals surface area contributed by atoms with Crippen molar-refractivity contribution in [3.63, 3.8) is 0 Å². The summed E-state index contributed by atoms with van der Waals surface area (Å²) < 4.78 is 12.7. The van der Waals surface area contributed by atoms with Gasteiger partial charge in [-0.15, -0.1) is 0 Å². The summed E-state index contributed by atoms with van der Waals surface area (Å²) in [4.78, 5) is 0.0759. The van der Waals surface area contributed by atoms with E-state index in [2.05, 4.69) is 15.9 Å². The van der Waals surface area contributed by atoms with Gasteiger partial charge in [-0.2, -0.15) is 0 Å². The number of halogens is 2. The smallest absolute Gasteiger partial charge is 0.123 e. The van der Waals surface area contributed by atoms with Crippen molar-refractivity contribution in [2.24, 2.45) is 5.73 Å². The van der Waals surface area contributed by atoms with Gasteiger partial charge in [0, 0.05) is 6.04 Å². The van der Waals surface area contributed by atoms with E-state index in [9.17, 15) is 4.39 Å². The summed E-state index contributed by atoms with van der Waals surface area (Å²) in [5.74, 6) is -0.205. The van der Waals surface area contributed by atoms with Gasteiger partial charge in [0.15, 0.2) is 0 Å². The molecule has 0 aromatic heterocycles. The largest absolute Gasteiger partial charge is 0.323 e. The van der Waals surface area contributed by atoms with Crippen LogP contribution in [0.15, 0.2) is 23.6 Å². The summed E-state index contributed by atoms with van der Waals surface area (Å²) in [6.07, 6.45) is 3.20. The highest BCUT2D eigenvalue weighted by atomic mass is 79.9. The Hall–Kier alpha value is -0.150. The fourth-order valence-corrected chi connectivity index (χ4v) is 1.37. The Balaban J connectivity index is 2.83. The lowest BCUT2D eigenvalue weighted by Gasteiger charge is -2.16. The predicted molar refractivity (Wildman–Crippen MR) is 43.6 cm³/mol. The van der Waals surface area contributed by atoms with E-state index in [0.717, 1.165) is 0 Å². The minimum absolute atomic E-state index is 0.0759. The molecule has 56 valence electrons. The number of nitrogens with two attached hydrogens (primary N) is 1. The van der Waals surface area contributed by atoms with Gasteiger partial charge in [0.05, 0.1) is 4.83 Å². The number of hydrogen-bond acceptors (Lipinski definition) is 1. The second-order valence-corrected chi connectivity index (χ2v) is 3.44. The number of allylic oxidation sites excluding steroid dienone is 2. The van der Waals surface area contributed by atoms with Gasteiger partial charge in [0.2, 0.25) is 0 Å². The van der Waals surface area contributed by atoms with Gasteiger partial charge in [-0.25, -0.2) is 4.39 Å². The summed E-state index contributed by atoms with van der Waals surface area (Å²) in [7, 11) is 0. The third-order valence-electron chi connectivity index (χ3n) is 1.49. The summed E-state index contributed by atoms with van der Waals surface area (Å²) in [6, 6.07) is -0.233. The standard InChI is InChI=1S/C7H9BrFN/c1-4-2-5(8)7(10)3-6(4)9/h2-3,5,7H,10H2,1H3. The third kappa shape index (κ3) is 1.47. The molecule has 2 atom stereocenters. The van der Waals surface area contributed by atoms with E-state index in [0.29, 0.717) is 5.57 Å². The SMILES string of the molecule is CC1=CC(Br)C(N)C=C1F. The van der Waals surface area contributed by atoms with Gasteiger partial charge in [-0.3, -0.25) is 0 Å². The van der Waals surface area contributed by atoms with Crippen molar-refractivity contribution < 1.29 is 4.39 Å². The van der Waals surface area contributed by atoms with Crippen molar-refractivity contribution in [1.29, 1.82) is 0 Å². The zero-order valence-corrected chi connectivity index (χ0v) is 7.23. The molecule has 0 radical (unpaired) electrons. The van der Waals surface area contributed by atoms with Gasteiger partial charge in [-0.1, -0.05) is 22.0 Å². The van der Waals surface area contributed by atoms with Crippen LogP contribution in [0.5, 0.6) is 0 Å². The molecule has 3 heteroatoms. The molecule has 0 bridgehead atoms. The Morgan fingerprint density at radius 2 is 2.20 bits per heavy atom. The van der Waals surface area contributed by atoms with Crippen molar-refractivity contribution in [3.8, 4) is 0 Å². The fraction of sp³-hybridized carbons (Fsp3) is 0.429. The number of alkyl halides is 1. The van der Waals surface area contributed by atoms with Crippen LogP contribution in [0.2, 0.25) is 0 Å². The lowest BCUT2D eigenvalue weighted by Crippen LogP contribution is -2.29. The van der Waals surface area contributed by atoms with Crippen molar-refractivity contribution in [3.05, 3.63) is 23.6 Å². The Labute approximate surface area is 67.9 Å². The van der Waals surface area contributed by atoms with E-state index in [1.165, 1.54) is 6.08 Å². The first-order valence-corrected chi connectivity index (χ1v) is 3.98. The van der Waals surface area contributed by atoms with Crippen LogP contribution in [-0.2, 0) is 0 Å². The highest BCUT2D eigenvalue weighted by molar-refractivity contribution is 9.09. The lowest BCUT2D eigenvalue weighted by atomic mass is 10.0. The van der Waals surface area contributed by atoms with Gasteiger partial charge in [0.25, 0.3) is 0 Å². The first-order valence-electron chi connectivity index (χ1n) is 3.07. The van der Waals surface area contributed by atoms with Gasteiger partial charge >= 0.3 is 0 Å². The average Bonchev–Trinajstić information content (AvgIpc) is 1.84. The molecule has 0 amide bonds. The second-order valence-electron chi connectivity index (χ2n) is 2.39. The summed E-state index contributed by atoms with van der Waals surface area (Å²) in [5, 5.41) is 0. The first-order chi connectivity index (χ1) is 4.61. The minimum Gasteiger partial charge on any atom is -0.323 e. The Morgan fingerprint density at radius 1 is 1.60 bits per heavy atom. The highest BCUT2D eigenvalue weighted by Crippen LogP contribution is 2.22. The van der Waals surface area contributed by atoms with Crippen molar-refractivity contribution in [1.82, 2.24) is 0 Å². The molecule has 1 rings (SSSR count). The van der Waals surface area contributed by atoms with E-state index in [1.54, 1.807) is 13.0 Å². The monoisotopic (exact) mass is 205 g/mol. The van der Waals surface area contributed by atoms with Crippen LogP contribution >= 0.6 is 15.9 Å². The van der Waals surface area contributed by atoms with Crippen LogP contribution < -0.4 is 5.73 Å². The maximum atomic E-state index is 12.7. The molecule has 0 saturated heterocycles. The van der Waals surface area contributed by atoms with Crippen LogP contribution in [-0.4, -0.2) is 10.9 Å². The van der Waals surface area contributed by atoms with E-state index >= 15 is 0 Å². The lowest BCUT2D eigenvalue weighted by molar-refractivity contribution is 0.624. The van der Waals surface area contributed by atoms with E-state index in [1.807, 2.05) is 0 Å². The minimum atomic E-state index is -0.233. The molecule has 2 unspecified atom stereocenters. The van der Waals surface area contributed by atoms with Crippen molar-refractivity contribution in [2.45, 2.75) is 17.8 Å². The molecule has 0 saturated carbocycles. The molecule has 1 aliphatic carbocycles. The topological polar surface area (TPSA) is 26.0 Å². The molecule has 1 nitrogen and oxygen atoms in total. The molecular weight excluding hydrogens is 197 g/mol. The summed E-state index contributed by atoms with van der Waals surface area (Å²) in [6.45, 7) is 1.73. The molecule has 0 aromatic carbocycles. The summed E-state index contributed by atoms with van der Waals surface area (Å²) in [5.41, 5.74) is 6.18. The predicted octanol–water partition coefficient (Wildman–Crippen LogP) is 1.89. The molecule has 2 N–H and O–H groups in total. The maximum Gasteiger partial charge on any atom is 0.123 e. The average molecular weight is 206 g/mol. The second kappa shape index (κ2) is 2.84. The fourth-order valence-electron chi connectivity index (χ4n) is 0.822. The summed E-state index contributed by atoms with van der Waals surface area (Å²) >= 11 is 3.31. The van der Waals surface area contributed by atoms with Gasteiger partial charge in [0.1, 0.15) is 5.83 Å². The number of hydrogen-bond donors (Lipinski definition) is 1. The normalized spacial score (nSPS) is 33.2. The first kappa shape index (κ1) is 7.95. The van der Waals surface area contributed by atoms with Crippen LogP contribution in [0.4, 0.5) is 4.39 Å². The molecule has 0 aromatic rings. The van der Waals surface area contributed by atoms with E-state index in [4.69, 9.17) is 5.73 Å². The van der Waals surface area contributed by atoms with Crippen molar-refractivity contribution in [2.75, 3.05) is 0 Å². The zero-order chi connectivity index (χ0) is 7.72. The molecule has 0 spiro atoms. The Morgan fingerprint density at radius 3 is 2.70 bits per heavy atom. The van der Waals surface area contributed by atoms with Crippen LogP contribution in [0, 0.1) is 0 Å².